The Morgan fingerprint density at radius 1 is 0.540 bits per heavy atom. The van der Waals surface area contributed by atoms with Crippen LogP contribution in [0.1, 0.15) is 58.2 Å². The van der Waals surface area contributed by atoms with Gasteiger partial charge in [-0.2, -0.15) is 5.26 Å². The van der Waals surface area contributed by atoms with Crippen molar-refractivity contribution in [1.82, 2.24) is 9.13 Å². The third-order valence-corrected chi connectivity index (χ3v) is 10.1. The number of benzene rings is 6. The van der Waals surface area contributed by atoms with Gasteiger partial charge in [-0.05, 0) is 99.8 Å². The molecule has 4 nitrogen and oxygen atoms in total. The fourth-order valence-electron chi connectivity index (χ4n) is 7.32. The van der Waals surface area contributed by atoms with Crippen molar-refractivity contribution in [2.24, 2.45) is 0 Å². The molecule has 50 heavy (non-hydrogen) atoms. The Bertz CT molecular complexity index is 2730. The maximum absolute atomic E-state index is 10.1. The van der Waals surface area contributed by atoms with Gasteiger partial charge < -0.3 is 9.13 Å². The number of nitrogens with zero attached hydrogens (tertiary/aromatic N) is 4. The Hall–Kier alpha value is -6.10. The van der Waals surface area contributed by atoms with Crippen molar-refractivity contribution in [2.45, 2.75) is 52.4 Å². The highest BCUT2D eigenvalue weighted by molar-refractivity contribution is 6.13. The molecule has 2 heterocycles. The molecular weight excluding hydrogens is 609 g/mol. The van der Waals surface area contributed by atoms with E-state index in [0.29, 0.717) is 11.3 Å². The molecule has 6 aromatic carbocycles. The van der Waals surface area contributed by atoms with Crippen molar-refractivity contribution >= 4 is 49.3 Å². The minimum atomic E-state index is -0.0357. The van der Waals surface area contributed by atoms with Gasteiger partial charge in [-0.1, -0.05) is 96.1 Å². The molecule has 2 aromatic heterocycles. The van der Waals surface area contributed by atoms with Crippen LogP contribution in [0.25, 0.3) is 71.0 Å². The van der Waals surface area contributed by atoms with Crippen molar-refractivity contribution in [3.05, 3.63) is 149 Å². The van der Waals surface area contributed by atoms with Crippen molar-refractivity contribution in [3.63, 3.8) is 0 Å². The van der Waals surface area contributed by atoms with Gasteiger partial charge in [-0.3, -0.25) is 0 Å². The Labute approximate surface area is 293 Å². The van der Waals surface area contributed by atoms with Gasteiger partial charge in [0.25, 0.3) is 0 Å². The summed E-state index contributed by atoms with van der Waals surface area (Å²) in [6, 6.07) is 45.3. The molecule has 0 aliphatic carbocycles. The first-order valence-corrected chi connectivity index (χ1v) is 17.1. The number of para-hydroxylation sites is 1. The highest BCUT2D eigenvalue weighted by atomic mass is 15.0. The van der Waals surface area contributed by atoms with E-state index in [1.165, 1.54) is 32.9 Å². The van der Waals surface area contributed by atoms with Gasteiger partial charge in [0.2, 0.25) is 0 Å². The normalized spacial score (nSPS) is 12.2. The summed E-state index contributed by atoms with van der Waals surface area (Å²) >= 11 is 0. The van der Waals surface area contributed by atoms with Gasteiger partial charge in [0, 0.05) is 27.2 Å². The van der Waals surface area contributed by atoms with Crippen molar-refractivity contribution in [3.8, 4) is 28.6 Å². The largest absolute Gasteiger partial charge is 0.309 e. The predicted octanol–water partition coefficient (Wildman–Crippen LogP) is 12.6. The molecule has 0 amide bonds. The molecule has 8 aromatic rings. The topological polar surface area (TPSA) is 38.0 Å². The second-order valence-corrected chi connectivity index (χ2v) is 15.4. The summed E-state index contributed by atoms with van der Waals surface area (Å²) in [5, 5.41) is 14.8. The zero-order chi connectivity index (χ0) is 34.9. The summed E-state index contributed by atoms with van der Waals surface area (Å²) in [6.45, 7) is 21.2. The van der Waals surface area contributed by atoms with Crippen molar-refractivity contribution in [2.75, 3.05) is 0 Å². The average molecular weight is 647 g/mol. The minimum absolute atomic E-state index is 0.0256. The lowest BCUT2D eigenvalue weighted by molar-refractivity contribution is 0.591. The van der Waals surface area contributed by atoms with Gasteiger partial charge in [0.05, 0.1) is 39.9 Å². The summed E-state index contributed by atoms with van der Waals surface area (Å²) < 4.78 is 4.52. The van der Waals surface area contributed by atoms with Crippen LogP contribution >= 0.6 is 0 Å². The Kier molecular flexibility index (Phi) is 7.00. The van der Waals surface area contributed by atoms with E-state index >= 15 is 0 Å². The van der Waals surface area contributed by atoms with Crippen LogP contribution in [-0.2, 0) is 10.8 Å². The van der Waals surface area contributed by atoms with Crippen LogP contribution in [-0.4, -0.2) is 9.13 Å². The molecule has 0 saturated carbocycles. The third kappa shape index (κ3) is 4.96. The van der Waals surface area contributed by atoms with E-state index in [0.717, 1.165) is 44.3 Å². The van der Waals surface area contributed by atoms with E-state index in [2.05, 4.69) is 165 Å². The number of hydrogen-bond donors (Lipinski definition) is 0. The summed E-state index contributed by atoms with van der Waals surface area (Å²) in [4.78, 5) is 3.69. The van der Waals surface area contributed by atoms with E-state index in [-0.39, 0.29) is 10.8 Å². The van der Waals surface area contributed by atoms with Gasteiger partial charge in [-0.25, -0.2) is 4.85 Å². The monoisotopic (exact) mass is 646 g/mol. The second-order valence-electron chi connectivity index (χ2n) is 15.4. The molecule has 0 bridgehead atoms. The quantitative estimate of drug-likeness (QED) is 0.176. The Morgan fingerprint density at radius 2 is 1.02 bits per heavy atom. The van der Waals surface area contributed by atoms with Crippen LogP contribution in [0.5, 0.6) is 0 Å². The second kappa shape index (κ2) is 11.2. The van der Waals surface area contributed by atoms with Crippen LogP contribution < -0.4 is 0 Å². The molecular formula is C46H38N4. The Balaban J connectivity index is 1.40. The number of aromatic nitrogens is 2. The molecule has 0 aliphatic heterocycles. The maximum atomic E-state index is 10.1. The van der Waals surface area contributed by atoms with Crippen LogP contribution in [0.2, 0.25) is 0 Å². The summed E-state index contributed by atoms with van der Waals surface area (Å²) in [5.41, 5.74) is 12.1. The third-order valence-electron chi connectivity index (χ3n) is 10.1. The number of fused-ring (bicyclic) bond motifs is 6. The highest BCUT2D eigenvalue weighted by Gasteiger charge is 2.22. The number of nitriles is 1. The van der Waals surface area contributed by atoms with Crippen LogP contribution in [0, 0.1) is 17.9 Å². The SMILES string of the molecule is [C-]#[N+]c1ccc(C#N)c(-n2c3ccc(-c4ccc5c(c4)c4cc(C(C)(C)C)ccc4n5-c4ccccc4)cc3c3cc(C(C)(C)C)ccc32)c1. The molecule has 0 saturated heterocycles. The molecule has 8 rings (SSSR count). The molecule has 0 fully saturated rings. The lowest BCUT2D eigenvalue weighted by Crippen LogP contribution is -2.10. The van der Waals surface area contributed by atoms with Gasteiger partial charge in [0.15, 0.2) is 5.69 Å². The van der Waals surface area contributed by atoms with E-state index < -0.39 is 0 Å². The molecule has 4 heteroatoms. The summed E-state index contributed by atoms with van der Waals surface area (Å²) in [6.07, 6.45) is 0. The van der Waals surface area contributed by atoms with E-state index in [9.17, 15) is 5.26 Å². The zero-order valence-electron chi connectivity index (χ0n) is 29.3. The molecule has 0 atom stereocenters. The van der Waals surface area contributed by atoms with Crippen LogP contribution in [0.4, 0.5) is 5.69 Å². The number of rotatable bonds is 3. The van der Waals surface area contributed by atoms with Crippen molar-refractivity contribution in [1.29, 1.82) is 5.26 Å². The molecule has 0 spiro atoms. The fourth-order valence-corrected chi connectivity index (χ4v) is 7.32. The lowest BCUT2D eigenvalue weighted by atomic mass is 9.86. The summed E-state index contributed by atoms with van der Waals surface area (Å²) in [5.74, 6) is 0. The van der Waals surface area contributed by atoms with Gasteiger partial charge in [0.1, 0.15) is 6.07 Å². The first-order chi connectivity index (χ1) is 24.0. The predicted molar refractivity (Wildman–Crippen MR) is 209 cm³/mol. The lowest BCUT2D eigenvalue weighted by Gasteiger charge is -2.19. The Morgan fingerprint density at radius 3 is 1.50 bits per heavy atom. The maximum Gasteiger partial charge on any atom is 0.189 e. The van der Waals surface area contributed by atoms with E-state index in [1.807, 2.05) is 6.07 Å². The zero-order valence-corrected chi connectivity index (χ0v) is 29.3. The van der Waals surface area contributed by atoms with Gasteiger partial charge >= 0.3 is 0 Å². The fraction of sp³-hybridized carbons (Fsp3) is 0.174. The first kappa shape index (κ1) is 31.2. The average Bonchev–Trinajstić information content (AvgIpc) is 3.62. The van der Waals surface area contributed by atoms with Crippen LogP contribution in [0.15, 0.2) is 121 Å². The van der Waals surface area contributed by atoms with E-state index in [1.54, 1.807) is 12.1 Å². The summed E-state index contributed by atoms with van der Waals surface area (Å²) in [7, 11) is 0. The number of hydrogen-bond acceptors (Lipinski definition) is 1. The first-order valence-electron chi connectivity index (χ1n) is 17.1. The van der Waals surface area contributed by atoms with Crippen LogP contribution in [0.3, 0.4) is 0 Å². The van der Waals surface area contributed by atoms with Gasteiger partial charge in [-0.15, -0.1) is 0 Å². The molecule has 0 unspecified atom stereocenters. The van der Waals surface area contributed by atoms with E-state index in [4.69, 9.17) is 6.57 Å². The smallest absolute Gasteiger partial charge is 0.189 e. The van der Waals surface area contributed by atoms with Crippen molar-refractivity contribution < 1.29 is 0 Å². The molecule has 0 aliphatic rings. The molecule has 0 radical (unpaired) electrons. The molecule has 0 N–H and O–H groups in total. The minimum Gasteiger partial charge on any atom is -0.309 e. The highest BCUT2D eigenvalue weighted by Crippen LogP contribution is 2.41. The molecule has 242 valence electrons. The standard InChI is InChI=1S/C46H38N4/c1-45(2,3)32-16-21-41-38(25-32)36-23-29(14-19-40(36)49(41)35-11-9-8-10-12-35)30-15-20-42-37(24-30)39-26-33(46(4,5)6)17-22-43(39)50(42)44-27-34(48-7)18-13-31(44)28-47/h8-27H,1-6H3.